The average molecular weight is 193 g/mol. The highest BCUT2D eigenvalue weighted by Crippen LogP contribution is 2.24. The fourth-order valence-electron chi connectivity index (χ4n) is 1.10. The molecule has 14 heavy (non-hydrogen) atoms. The Hall–Kier alpha value is -1.64. The Morgan fingerprint density at radius 3 is 2.50 bits per heavy atom. The molecule has 0 bridgehead atoms. The van der Waals surface area contributed by atoms with Crippen molar-refractivity contribution in [2.24, 2.45) is 0 Å². The van der Waals surface area contributed by atoms with E-state index >= 15 is 0 Å². The number of halogens is 1. The Labute approximate surface area is 82.7 Å². The summed E-state index contributed by atoms with van der Waals surface area (Å²) in [5.74, 6) is -0.0776. The summed E-state index contributed by atoms with van der Waals surface area (Å²) in [7, 11) is 1.51. The van der Waals surface area contributed by atoms with Gasteiger partial charge in [-0.25, -0.2) is 9.37 Å². The summed E-state index contributed by atoms with van der Waals surface area (Å²) >= 11 is 0. The largest absolute Gasteiger partial charge is 0.481 e. The Bertz CT molecular complexity index is 385. The van der Waals surface area contributed by atoms with E-state index in [0.29, 0.717) is 22.7 Å². The van der Waals surface area contributed by atoms with E-state index in [1.807, 2.05) is 0 Å². The first-order valence-electron chi connectivity index (χ1n) is 4.12. The van der Waals surface area contributed by atoms with E-state index in [1.165, 1.54) is 7.11 Å². The second kappa shape index (κ2) is 4.05. The van der Waals surface area contributed by atoms with E-state index in [-0.39, 0.29) is 0 Å². The van der Waals surface area contributed by atoms with Crippen molar-refractivity contribution in [2.45, 2.75) is 6.92 Å². The first-order chi connectivity index (χ1) is 6.56. The van der Waals surface area contributed by atoms with Gasteiger partial charge in [-0.3, -0.25) is 0 Å². The van der Waals surface area contributed by atoms with Crippen LogP contribution in [0, 0.1) is 0 Å². The van der Waals surface area contributed by atoms with Gasteiger partial charge in [0.05, 0.1) is 12.8 Å². The third kappa shape index (κ3) is 1.99. The van der Waals surface area contributed by atoms with E-state index < -0.39 is 5.83 Å². The van der Waals surface area contributed by atoms with Crippen LogP contribution in [0.1, 0.15) is 18.2 Å². The van der Waals surface area contributed by atoms with Crippen molar-refractivity contribution in [3.63, 3.8) is 0 Å². The van der Waals surface area contributed by atoms with Gasteiger partial charge in [0.1, 0.15) is 5.83 Å². The molecule has 1 heterocycles. The molecule has 0 fully saturated rings. The van der Waals surface area contributed by atoms with Gasteiger partial charge in [0, 0.05) is 11.6 Å². The molecule has 0 atom stereocenters. The lowest BCUT2D eigenvalue weighted by Gasteiger charge is -2.07. The van der Waals surface area contributed by atoms with Crippen LogP contribution in [0.25, 0.3) is 11.4 Å². The Morgan fingerprint density at radius 1 is 1.43 bits per heavy atom. The quantitative estimate of drug-likeness (QED) is 0.736. The van der Waals surface area contributed by atoms with Crippen LogP contribution in [-0.2, 0) is 0 Å². The number of nitrogens with zero attached hydrogens (tertiary/aromatic N) is 1. The fraction of sp³-hybridized carbons (Fsp3) is 0.182. The molecule has 0 radical (unpaired) electrons. The number of hydrogen-bond donors (Lipinski definition) is 0. The van der Waals surface area contributed by atoms with Crippen LogP contribution in [0.5, 0.6) is 5.88 Å². The Balaban J connectivity index is 3.31. The molecule has 0 saturated heterocycles. The molecule has 0 saturated carbocycles. The van der Waals surface area contributed by atoms with Crippen molar-refractivity contribution in [1.29, 1.82) is 0 Å². The van der Waals surface area contributed by atoms with Crippen LogP contribution in [0.4, 0.5) is 4.39 Å². The number of allylic oxidation sites excluding steroid dienone is 1. The number of methoxy groups -OCH3 is 1. The summed E-state index contributed by atoms with van der Waals surface area (Å²) in [6, 6.07) is 3.17. The number of ether oxygens (including phenoxy) is 1. The molecule has 0 aliphatic heterocycles. The zero-order chi connectivity index (χ0) is 10.7. The predicted octanol–water partition coefficient (Wildman–Crippen LogP) is 3.06. The van der Waals surface area contributed by atoms with Gasteiger partial charge in [0.15, 0.2) is 0 Å². The normalized spacial score (nSPS) is 9.64. The van der Waals surface area contributed by atoms with Gasteiger partial charge in [-0.1, -0.05) is 13.2 Å². The first-order valence-corrected chi connectivity index (χ1v) is 4.12. The van der Waals surface area contributed by atoms with Crippen LogP contribution < -0.4 is 4.74 Å². The molecule has 2 nitrogen and oxygen atoms in total. The summed E-state index contributed by atoms with van der Waals surface area (Å²) in [4.78, 5) is 4.09. The van der Waals surface area contributed by atoms with Crippen molar-refractivity contribution in [1.82, 2.24) is 4.98 Å². The molecule has 0 aromatic carbocycles. The van der Waals surface area contributed by atoms with Crippen molar-refractivity contribution in [3.8, 4) is 5.88 Å². The average Bonchev–Trinajstić information content (AvgIpc) is 2.16. The molecule has 0 aliphatic carbocycles. The maximum atomic E-state index is 13.0. The summed E-state index contributed by atoms with van der Waals surface area (Å²) in [6.07, 6.45) is 0. The maximum Gasteiger partial charge on any atom is 0.213 e. The summed E-state index contributed by atoms with van der Waals surface area (Å²) in [6.45, 7) is 8.71. The number of aromatic nitrogens is 1. The monoisotopic (exact) mass is 193 g/mol. The lowest BCUT2D eigenvalue weighted by atomic mass is 10.1. The highest BCUT2D eigenvalue weighted by atomic mass is 19.1. The van der Waals surface area contributed by atoms with Crippen LogP contribution >= 0.6 is 0 Å². The first kappa shape index (κ1) is 10.4. The molecule has 74 valence electrons. The molecule has 0 aliphatic rings. The molecule has 0 N–H and O–H groups in total. The minimum atomic E-state index is -0.516. The van der Waals surface area contributed by atoms with E-state index in [0.717, 1.165) is 0 Å². The standard InChI is InChI=1S/C11H12FNO/c1-7(2)11-9(8(3)12)5-6-10(13-11)14-4/h5-6H,1,3H2,2,4H3. The van der Waals surface area contributed by atoms with Gasteiger partial charge >= 0.3 is 0 Å². The van der Waals surface area contributed by atoms with Crippen LogP contribution in [-0.4, -0.2) is 12.1 Å². The zero-order valence-electron chi connectivity index (χ0n) is 8.30. The predicted molar refractivity (Wildman–Crippen MR) is 55.6 cm³/mol. The van der Waals surface area contributed by atoms with Gasteiger partial charge in [0.25, 0.3) is 0 Å². The SMILES string of the molecule is C=C(F)c1ccc(OC)nc1C(=C)C. The molecule has 0 spiro atoms. The minimum Gasteiger partial charge on any atom is -0.481 e. The summed E-state index contributed by atoms with van der Waals surface area (Å²) in [5, 5.41) is 0. The number of hydrogen-bond acceptors (Lipinski definition) is 2. The highest BCUT2D eigenvalue weighted by Gasteiger charge is 2.09. The molecule has 1 aromatic rings. The van der Waals surface area contributed by atoms with Crippen molar-refractivity contribution >= 4 is 11.4 Å². The van der Waals surface area contributed by atoms with E-state index in [9.17, 15) is 4.39 Å². The van der Waals surface area contributed by atoms with E-state index in [1.54, 1.807) is 19.1 Å². The molecular formula is C11H12FNO. The smallest absolute Gasteiger partial charge is 0.213 e. The van der Waals surface area contributed by atoms with Crippen LogP contribution in [0.2, 0.25) is 0 Å². The molecular weight excluding hydrogens is 181 g/mol. The minimum absolute atomic E-state index is 0.360. The topological polar surface area (TPSA) is 22.1 Å². The summed E-state index contributed by atoms with van der Waals surface area (Å²) in [5.41, 5.74) is 1.52. The van der Waals surface area contributed by atoms with Crippen LogP contribution in [0.15, 0.2) is 25.3 Å². The van der Waals surface area contributed by atoms with Gasteiger partial charge in [0.2, 0.25) is 5.88 Å². The van der Waals surface area contributed by atoms with Gasteiger partial charge in [-0.05, 0) is 18.6 Å². The van der Waals surface area contributed by atoms with Gasteiger partial charge < -0.3 is 4.74 Å². The lowest BCUT2D eigenvalue weighted by Crippen LogP contribution is -1.95. The van der Waals surface area contributed by atoms with Crippen molar-refractivity contribution in [2.75, 3.05) is 7.11 Å². The third-order valence-corrected chi connectivity index (χ3v) is 1.78. The lowest BCUT2D eigenvalue weighted by molar-refractivity contribution is 0.397. The van der Waals surface area contributed by atoms with Gasteiger partial charge in [-0.15, -0.1) is 0 Å². The fourth-order valence-corrected chi connectivity index (χ4v) is 1.10. The van der Waals surface area contributed by atoms with Crippen LogP contribution in [0.3, 0.4) is 0 Å². The Kier molecular flexibility index (Phi) is 3.02. The zero-order valence-corrected chi connectivity index (χ0v) is 8.30. The van der Waals surface area contributed by atoms with Crippen molar-refractivity contribution in [3.05, 3.63) is 36.5 Å². The maximum absolute atomic E-state index is 13.0. The molecule has 1 rings (SSSR count). The van der Waals surface area contributed by atoms with Crippen molar-refractivity contribution < 1.29 is 9.13 Å². The third-order valence-electron chi connectivity index (χ3n) is 1.78. The highest BCUT2D eigenvalue weighted by molar-refractivity contribution is 5.72. The summed E-state index contributed by atoms with van der Waals surface area (Å²) < 4.78 is 17.9. The molecule has 0 unspecified atom stereocenters. The molecule has 1 aromatic heterocycles. The van der Waals surface area contributed by atoms with E-state index in [4.69, 9.17) is 4.74 Å². The molecule has 0 amide bonds. The second-order valence-electron chi connectivity index (χ2n) is 2.94. The number of pyridine rings is 1. The Morgan fingerprint density at radius 2 is 2.07 bits per heavy atom. The van der Waals surface area contributed by atoms with Gasteiger partial charge in [-0.2, -0.15) is 0 Å². The van der Waals surface area contributed by atoms with E-state index in [2.05, 4.69) is 18.1 Å². The molecule has 3 heteroatoms. The number of rotatable bonds is 3. The second-order valence-corrected chi connectivity index (χ2v) is 2.94.